The van der Waals surface area contributed by atoms with Crippen molar-refractivity contribution in [2.24, 2.45) is 0 Å². The van der Waals surface area contributed by atoms with Crippen molar-refractivity contribution in [2.75, 3.05) is 5.73 Å². The van der Waals surface area contributed by atoms with E-state index in [4.69, 9.17) is 16.4 Å². The minimum atomic E-state index is 0.123. The van der Waals surface area contributed by atoms with Gasteiger partial charge in [-0.3, -0.25) is 5.41 Å². The number of nitrogens with zero attached hydrogens (tertiary/aromatic N) is 2. The quantitative estimate of drug-likeness (QED) is 0.570. The van der Waals surface area contributed by atoms with Crippen LogP contribution in [0.5, 0.6) is 0 Å². The van der Waals surface area contributed by atoms with E-state index in [2.05, 4.69) is 11.1 Å². The van der Waals surface area contributed by atoms with E-state index in [1.807, 2.05) is 6.07 Å². The van der Waals surface area contributed by atoms with Crippen LogP contribution in [0.4, 0.5) is 5.69 Å². The van der Waals surface area contributed by atoms with Crippen molar-refractivity contribution < 1.29 is 0 Å². The van der Waals surface area contributed by atoms with Crippen LogP contribution in [0.1, 0.15) is 11.1 Å². The predicted molar refractivity (Wildman–Crippen MR) is 73.3 cm³/mol. The molecule has 4 N–H and O–H groups in total. The summed E-state index contributed by atoms with van der Waals surface area (Å²) in [6.45, 7) is 0. The number of H-pyrrole nitrogens is 1. The van der Waals surface area contributed by atoms with Gasteiger partial charge in [-0.2, -0.15) is 10.5 Å². The molecule has 5 nitrogen and oxygen atoms in total. The minimum Gasteiger partial charge on any atom is -0.398 e. The molecule has 0 bridgehead atoms. The number of anilines is 1. The molecule has 0 unspecified atom stereocenters. The first-order valence-corrected chi connectivity index (χ1v) is 5.89. The van der Waals surface area contributed by atoms with Crippen LogP contribution in [0.15, 0.2) is 30.5 Å². The number of nitrogen functional groups attached to an aromatic ring is 1. The normalized spacial score (nSPS) is 10.3. The summed E-state index contributed by atoms with van der Waals surface area (Å²) in [5, 5.41) is 29.2. The molecule has 1 aliphatic heterocycles. The number of aromatic amines is 1. The van der Waals surface area contributed by atoms with Gasteiger partial charge in [-0.25, -0.2) is 0 Å². The smallest absolute Gasteiger partial charge is 0.101 e. The molecular formula is C15H9N5. The number of nitrogens with one attached hydrogen (secondary N) is 2. The Bertz CT molecular complexity index is 1050. The third kappa shape index (κ3) is 1.38. The van der Waals surface area contributed by atoms with Crippen molar-refractivity contribution >= 4 is 16.5 Å². The lowest BCUT2D eigenvalue weighted by Gasteiger charge is -2.06. The summed E-state index contributed by atoms with van der Waals surface area (Å²) >= 11 is 0. The fraction of sp³-hybridized carbons (Fsp3) is 0. The van der Waals surface area contributed by atoms with Gasteiger partial charge in [0.15, 0.2) is 0 Å². The second-order valence-corrected chi connectivity index (χ2v) is 4.38. The van der Waals surface area contributed by atoms with Crippen molar-refractivity contribution in [3.63, 3.8) is 0 Å². The first-order valence-electron chi connectivity index (χ1n) is 5.89. The van der Waals surface area contributed by atoms with Crippen molar-refractivity contribution in [3.05, 3.63) is 57.5 Å². The van der Waals surface area contributed by atoms with E-state index in [9.17, 15) is 5.26 Å². The second kappa shape index (κ2) is 4.11. The summed E-state index contributed by atoms with van der Waals surface area (Å²) in [6, 6.07) is 10.7. The molecule has 0 spiro atoms. The maximum atomic E-state index is 9.23. The molecule has 1 aromatic rings. The lowest BCUT2D eigenvalue weighted by Crippen LogP contribution is -2.08. The summed E-state index contributed by atoms with van der Waals surface area (Å²) in [7, 11) is 0. The zero-order chi connectivity index (χ0) is 14.3. The molecular weight excluding hydrogens is 250 g/mol. The number of nitriles is 2. The van der Waals surface area contributed by atoms with Crippen LogP contribution in [0.25, 0.3) is 10.8 Å². The molecule has 1 aromatic carbocycles. The summed E-state index contributed by atoms with van der Waals surface area (Å²) < 4.78 is 0. The third-order valence-corrected chi connectivity index (χ3v) is 3.33. The third-order valence-electron chi connectivity index (χ3n) is 3.33. The van der Waals surface area contributed by atoms with Crippen LogP contribution in [-0.2, 0) is 0 Å². The van der Waals surface area contributed by atoms with Crippen molar-refractivity contribution in [1.29, 1.82) is 15.9 Å². The average molecular weight is 259 g/mol. The lowest BCUT2D eigenvalue weighted by atomic mass is 9.99. The van der Waals surface area contributed by atoms with Crippen LogP contribution in [-0.4, -0.2) is 4.98 Å². The van der Waals surface area contributed by atoms with E-state index in [1.165, 1.54) is 6.07 Å². The molecule has 0 saturated carbocycles. The topological polar surface area (TPSA) is 113 Å². The predicted octanol–water partition coefficient (Wildman–Crippen LogP) is 1.70. The van der Waals surface area contributed by atoms with E-state index in [0.29, 0.717) is 32.6 Å². The molecule has 0 amide bonds. The van der Waals surface area contributed by atoms with E-state index in [-0.39, 0.29) is 10.9 Å². The fourth-order valence-electron chi connectivity index (χ4n) is 2.41. The molecule has 0 radical (unpaired) electrons. The Morgan fingerprint density at radius 2 is 1.80 bits per heavy atom. The Morgan fingerprint density at radius 1 is 1.05 bits per heavy atom. The highest BCUT2D eigenvalue weighted by molar-refractivity contribution is 5.98. The molecule has 94 valence electrons. The number of hydrogen-bond acceptors (Lipinski definition) is 4. The van der Waals surface area contributed by atoms with Crippen molar-refractivity contribution in [2.45, 2.75) is 0 Å². The molecule has 1 heterocycles. The summed E-state index contributed by atoms with van der Waals surface area (Å²) in [4.78, 5) is 3.05. The van der Waals surface area contributed by atoms with Crippen LogP contribution in [0.3, 0.4) is 0 Å². The second-order valence-electron chi connectivity index (χ2n) is 4.38. The number of aromatic nitrogens is 1. The van der Waals surface area contributed by atoms with Crippen LogP contribution in [0, 0.1) is 38.6 Å². The molecule has 5 heteroatoms. The molecule has 3 rings (SSSR count). The number of fused-ring (bicyclic) bond motifs is 3. The highest BCUT2D eigenvalue weighted by Gasteiger charge is 2.14. The summed E-state index contributed by atoms with van der Waals surface area (Å²) in [5.74, 6) is 0. The monoisotopic (exact) mass is 259 g/mol. The SMILES string of the molecule is N#Cc1ccc[nH]c2c3c(=N)c(C#N)ccc(N)c3c1=2. The van der Waals surface area contributed by atoms with Gasteiger partial charge in [-0.1, -0.05) is 0 Å². The highest BCUT2D eigenvalue weighted by atomic mass is 14.7. The Kier molecular flexibility index (Phi) is 2.42. The first-order chi connectivity index (χ1) is 9.69. The zero-order valence-electron chi connectivity index (χ0n) is 10.4. The van der Waals surface area contributed by atoms with Gasteiger partial charge in [-0.15, -0.1) is 0 Å². The van der Waals surface area contributed by atoms with E-state index in [0.717, 1.165) is 0 Å². The van der Waals surface area contributed by atoms with E-state index >= 15 is 0 Å². The van der Waals surface area contributed by atoms with Crippen molar-refractivity contribution in [1.82, 2.24) is 4.98 Å². The standard InChI is InChI=1S/C15H9N5/c16-6-8-2-1-5-20-15-11(8)12-10(18)4-3-9(7-17)14(19)13(12)15/h1-5,19-20H,18H2. The largest absolute Gasteiger partial charge is 0.398 e. The maximum Gasteiger partial charge on any atom is 0.101 e. The molecule has 1 aliphatic carbocycles. The molecule has 2 aliphatic rings. The Morgan fingerprint density at radius 3 is 2.50 bits per heavy atom. The number of nitrogens with two attached hydrogens (primary N) is 1. The molecule has 0 fully saturated rings. The highest BCUT2D eigenvalue weighted by Crippen LogP contribution is 2.26. The summed E-state index contributed by atoms with van der Waals surface area (Å²) in [5.41, 5.74) is 7.21. The minimum absolute atomic E-state index is 0.123. The first kappa shape index (κ1) is 11.8. The van der Waals surface area contributed by atoms with Gasteiger partial charge < -0.3 is 10.7 Å². The lowest BCUT2D eigenvalue weighted by molar-refractivity contribution is 1.23. The van der Waals surface area contributed by atoms with Gasteiger partial charge in [0.05, 0.1) is 27.9 Å². The Labute approximate surface area is 113 Å². The van der Waals surface area contributed by atoms with Gasteiger partial charge in [0.2, 0.25) is 0 Å². The molecule has 0 saturated heterocycles. The van der Waals surface area contributed by atoms with Crippen LogP contribution >= 0.6 is 0 Å². The van der Waals surface area contributed by atoms with Gasteiger partial charge >= 0.3 is 0 Å². The Balaban J connectivity index is 2.77. The number of hydrogen-bond donors (Lipinski definition) is 3. The van der Waals surface area contributed by atoms with Gasteiger partial charge in [0.25, 0.3) is 0 Å². The zero-order valence-corrected chi connectivity index (χ0v) is 10.4. The van der Waals surface area contributed by atoms with Crippen LogP contribution in [0.2, 0.25) is 0 Å². The number of rotatable bonds is 0. The van der Waals surface area contributed by atoms with E-state index in [1.54, 1.807) is 24.4 Å². The maximum absolute atomic E-state index is 9.23. The van der Waals surface area contributed by atoms with Gasteiger partial charge in [0, 0.05) is 27.9 Å². The Hall–Kier alpha value is -3.31. The molecule has 0 aromatic heterocycles. The van der Waals surface area contributed by atoms with Crippen molar-refractivity contribution in [3.8, 4) is 12.1 Å². The van der Waals surface area contributed by atoms with Gasteiger partial charge in [-0.05, 0) is 24.3 Å². The average Bonchev–Trinajstić information content (AvgIpc) is 2.65. The van der Waals surface area contributed by atoms with E-state index < -0.39 is 0 Å². The molecule has 0 atom stereocenters. The summed E-state index contributed by atoms with van der Waals surface area (Å²) in [6.07, 6.45) is 1.69. The fourth-order valence-corrected chi connectivity index (χ4v) is 2.41. The molecule has 20 heavy (non-hydrogen) atoms. The van der Waals surface area contributed by atoms with Crippen LogP contribution < -0.4 is 11.1 Å². The van der Waals surface area contributed by atoms with Gasteiger partial charge in [0.1, 0.15) is 6.07 Å².